The Morgan fingerprint density at radius 2 is 1.76 bits per heavy atom. The van der Waals surface area contributed by atoms with Crippen LogP contribution in [0.2, 0.25) is 0 Å². The van der Waals surface area contributed by atoms with Crippen LogP contribution in [-0.4, -0.2) is 63.2 Å². The number of hydrogen-bond acceptors (Lipinski definition) is 6. The Hall–Kier alpha value is -3.26. The molecule has 1 unspecified atom stereocenters. The third kappa shape index (κ3) is 6.11. The van der Waals surface area contributed by atoms with E-state index in [1.807, 2.05) is 24.3 Å². The molecule has 29 heavy (non-hydrogen) atoms. The lowest BCUT2D eigenvalue weighted by Crippen LogP contribution is -2.44. The number of nitrogens with zero attached hydrogens (tertiary/aromatic N) is 1. The van der Waals surface area contributed by atoms with Gasteiger partial charge in [-0.1, -0.05) is 12.1 Å². The van der Waals surface area contributed by atoms with E-state index in [-0.39, 0.29) is 31.0 Å². The molecule has 1 heterocycles. The van der Waals surface area contributed by atoms with Gasteiger partial charge in [0.1, 0.15) is 18.5 Å². The maximum absolute atomic E-state index is 12.2. The monoisotopic (exact) mass is 399 g/mol. The molecule has 0 aliphatic carbocycles. The Morgan fingerprint density at radius 3 is 2.48 bits per heavy atom. The molecule has 2 aromatic rings. The van der Waals surface area contributed by atoms with E-state index in [9.17, 15) is 9.59 Å². The fourth-order valence-electron chi connectivity index (χ4n) is 2.87. The summed E-state index contributed by atoms with van der Waals surface area (Å²) < 4.78 is 16.5. The first kappa shape index (κ1) is 20.5. The Bertz CT molecular complexity index is 840. The molecule has 0 radical (unpaired) electrons. The topological polar surface area (TPSA) is 89.1 Å². The first-order valence-corrected chi connectivity index (χ1v) is 9.31. The van der Waals surface area contributed by atoms with E-state index in [1.165, 1.54) is 0 Å². The van der Waals surface area contributed by atoms with Crippen molar-refractivity contribution in [3.05, 3.63) is 48.5 Å². The summed E-state index contributed by atoms with van der Waals surface area (Å²) in [6.07, 6.45) is -0.252. The normalized spacial score (nSPS) is 14.9. The van der Waals surface area contributed by atoms with Gasteiger partial charge in [0, 0.05) is 5.69 Å². The summed E-state index contributed by atoms with van der Waals surface area (Å²) in [5, 5.41) is 5.60. The highest BCUT2D eigenvalue weighted by molar-refractivity contribution is 5.92. The van der Waals surface area contributed by atoms with Crippen molar-refractivity contribution in [2.75, 3.05) is 45.7 Å². The number of carbonyl (C=O) groups is 2. The average Bonchev–Trinajstić information content (AvgIpc) is 2.72. The molecule has 8 heteroatoms. The molecule has 0 bridgehead atoms. The lowest BCUT2D eigenvalue weighted by Gasteiger charge is -2.26. The fraction of sp³-hybridized carbons (Fsp3) is 0.333. The zero-order valence-electron chi connectivity index (χ0n) is 16.5. The standard InChI is InChI=1S/C21H25N3O5/c1-24(13-21(26)23-15-7-9-16(27-2)10-8-15)12-20(25)22-11-17-14-28-18-5-3-4-6-19(18)29-17/h3-10,17H,11-14H2,1-2H3,(H,22,25)(H,23,26). The van der Waals surface area contributed by atoms with Crippen molar-refractivity contribution >= 4 is 17.5 Å². The Balaban J connectivity index is 1.37. The summed E-state index contributed by atoms with van der Waals surface area (Å²) in [6, 6.07) is 14.5. The number of para-hydroxylation sites is 2. The van der Waals surface area contributed by atoms with Gasteiger partial charge in [0.05, 0.1) is 26.7 Å². The van der Waals surface area contributed by atoms with Crippen LogP contribution in [0.4, 0.5) is 5.69 Å². The van der Waals surface area contributed by atoms with Crippen molar-refractivity contribution in [1.29, 1.82) is 0 Å². The van der Waals surface area contributed by atoms with Crippen molar-refractivity contribution in [3.63, 3.8) is 0 Å². The molecule has 2 aromatic carbocycles. The average molecular weight is 399 g/mol. The number of hydrogen-bond donors (Lipinski definition) is 2. The predicted octanol–water partition coefficient (Wildman–Crippen LogP) is 1.52. The number of ether oxygens (including phenoxy) is 3. The van der Waals surface area contributed by atoms with Gasteiger partial charge in [0.2, 0.25) is 11.8 Å². The van der Waals surface area contributed by atoms with E-state index >= 15 is 0 Å². The highest BCUT2D eigenvalue weighted by atomic mass is 16.6. The SMILES string of the molecule is COc1ccc(NC(=O)CN(C)CC(=O)NCC2COc3ccccc3O2)cc1. The third-order valence-corrected chi connectivity index (χ3v) is 4.30. The molecule has 1 aliphatic heterocycles. The van der Waals surface area contributed by atoms with Gasteiger partial charge in [-0.15, -0.1) is 0 Å². The van der Waals surface area contributed by atoms with Crippen LogP contribution < -0.4 is 24.8 Å². The molecule has 8 nitrogen and oxygen atoms in total. The number of benzene rings is 2. The van der Waals surface area contributed by atoms with Crippen LogP contribution in [0, 0.1) is 0 Å². The van der Waals surface area contributed by atoms with Crippen LogP contribution in [0.1, 0.15) is 0 Å². The lowest BCUT2D eigenvalue weighted by molar-refractivity contribution is -0.123. The Kier molecular flexibility index (Phi) is 6.91. The zero-order valence-corrected chi connectivity index (χ0v) is 16.5. The van der Waals surface area contributed by atoms with Crippen molar-refractivity contribution in [2.45, 2.75) is 6.10 Å². The second-order valence-electron chi connectivity index (χ2n) is 6.75. The largest absolute Gasteiger partial charge is 0.497 e. The van der Waals surface area contributed by atoms with Gasteiger partial charge in [-0.3, -0.25) is 14.5 Å². The van der Waals surface area contributed by atoms with E-state index in [0.29, 0.717) is 36.1 Å². The quantitative estimate of drug-likeness (QED) is 0.700. The summed E-state index contributed by atoms with van der Waals surface area (Å²) >= 11 is 0. The number of nitrogens with one attached hydrogen (secondary N) is 2. The highest BCUT2D eigenvalue weighted by Gasteiger charge is 2.21. The van der Waals surface area contributed by atoms with Crippen molar-refractivity contribution in [2.24, 2.45) is 0 Å². The molecule has 154 valence electrons. The maximum atomic E-state index is 12.2. The molecule has 3 rings (SSSR count). The van der Waals surface area contributed by atoms with Crippen LogP contribution >= 0.6 is 0 Å². The maximum Gasteiger partial charge on any atom is 0.238 e. The molecule has 0 saturated carbocycles. The number of methoxy groups -OCH3 is 1. The molecule has 0 fully saturated rings. The minimum Gasteiger partial charge on any atom is -0.497 e. The van der Waals surface area contributed by atoms with E-state index in [1.54, 1.807) is 43.3 Å². The first-order chi connectivity index (χ1) is 14.0. The molecular formula is C21H25N3O5. The minimum atomic E-state index is -0.252. The van der Waals surface area contributed by atoms with Crippen LogP contribution in [0.25, 0.3) is 0 Å². The van der Waals surface area contributed by atoms with Gasteiger partial charge >= 0.3 is 0 Å². The molecular weight excluding hydrogens is 374 g/mol. The molecule has 2 N–H and O–H groups in total. The molecule has 0 saturated heterocycles. The van der Waals surface area contributed by atoms with Crippen molar-refractivity contribution in [1.82, 2.24) is 10.2 Å². The van der Waals surface area contributed by atoms with Gasteiger partial charge in [0.25, 0.3) is 0 Å². The van der Waals surface area contributed by atoms with Crippen LogP contribution in [-0.2, 0) is 9.59 Å². The smallest absolute Gasteiger partial charge is 0.238 e. The fourth-order valence-corrected chi connectivity index (χ4v) is 2.87. The number of anilines is 1. The van der Waals surface area contributed by atoms with Gasteiger partial charge in [-0.25, -0.2) is 0 Å². The number of rotatable bonds is 8. The lowest BCUT2D eigenvalue weighted by atomic mass is 10.2. The molecule has 1 atom stereocenters. The third-order valence-electron chi connectivity index (χ3n) is 4.30. The number of likely N-dealkylation sites (N-methyl/N-ethyl adjacent to an activating group) is 1. The summed E-state index contributed by atoms with van der Waals surface area (Å²) in [5.41, 5.74) is 0.670. The van der Waals surface area contributed by atoms with Gasteiger partial charge in [-0.05, 0) is 43.4 Å². The summed E-state index contributed by atoms with van der Waals surface area (Å²) in [4.78, 5) is 25.9. The Morgan fingerprint density at radius 1 is 1.07 bits per heavy atom. The second-order valence-corrected chi connectivity index (χ2v) is 6.75. The van der Waals surface area contributed by atoms with Crippen molar-refractivity contribution < 1.29 is 23.8 Å². The van der Waals surface area contributed by atoms with E-state index in [2.05, 4.69) is 10.6 Å². The van der Waals surface area contributed by atoms with Crippen LogP contribution in [0.3, 0.4) is 0 Å². The number of amides is 2. The van der Waals surface area contributed by atoms with Crippen LogP contribution in [0.15, 0.2) is 48.5 Å². The molecule has 1 aliphatic rings. The van der Waals surface area contributed by atoms with Crippen LogP contribution in [0.5, 0.6) is 17.2 Å². The predicted molar refractivity (Wildman–Crippen MR) is 108 cm³/mol. The number of carbonyl (C=O) groups excluding carboxylic acids is 2. The highest BCUT2D eigenvalue weighted by Crippen LogP contribution is 2.30. The summed E-state index contributed by atoms with van der Waals surface area (Å²) in [6.45, 7) is 0.895. The summed E-state index contributed by atoms with van der Waals surface area (Å²) in [5.74, 6) is 1.70. The van der Waals surface area contributed by atoms with E-state index < -0.39 is 0 Å². The number of fused-ring (bicyclic) bond motifs is 1. The second kappa shape index (κ2) is 9.79. The summed E-state index contributed by atoms with van der Waals surface area (Å²) in [7, 11) is 3.30. The molecule has 0 spiro atoms. The van der Waals surface area contributed by atoms with Gasteiger partial charge < -0.3 is 24.8 Å². The molecule has 2 amide bonds. The first-order valence-electron chi connectivity index (χ1n) is 9.31. The van der Waals surface area contributed by atoms with E-state index in [4.69, 9.17) is 14.2 Å². The minimum absolute atomic E-state index is 0.0931. The molecule has 0 aromatic heterocycles. The van der Waals surface area contributed by atoms with Gasteiger partial charge in [0.15, 0.2) is 11.5 Å². The van der Waals surface area contributed by atoms with Gasteiger partial charge in [-0.2, -0.15) is 0 Å². The van der Waals surface area contributed by atoms with E-state index in [0.717, 1.165) is 0 Å². The zero-order chi connectivity index (χ0) is 20.6. The van der Waals surface area contributed by atoms with Crippen molar-refractivity contribution in [3.8, 4) is 17.2 Å². The Labute approximate surface area is 169 Å².